The minimum atomic E-state index is -0.434. The van der Waals surface area contributed by atoms with Crippen molar-refractivity contribution in [2.75, 3.05) is 26.4 Å². The van der Waals surface area contributed by atoms with E-state index in [0.29, 0.717) is 32.1 Å². The van der Waals surface area contributed by atoms with Gasteiger partial charge in [0, 0.05) is 25.9 Å². The van der Waals surface area contributed by atoms with Crippen LogP contribution in [0.3, 0.4) is 0 Å². The smallest absolute Gasteiger partial charge is 0.303 e. The van der Waals surface area contributed by atoms with E-state index < -0.39 is 5.97 Å². The van der Waals surface area contributed by atoms with Crippen LogP contribution in [-0.4, -0.2) is 49.2 Å². The summed E-state index contributed by atoms with van der Waals surface area (Å²) in [6.07, 6.45) is 9.99. The number of nitrogens with zero attached hydrogens (tertiary/aromatic N) is 1. The Hall–Kier alpha value is -1.54. The third-order valence-corrected chi connectivity index (χ3v) is 4.01. The van der Waals surface area contributed by atoms with Crippen LogP contribution in [0.1, 0.15) is 46.0 Å². The number of ether oxygens (including phenoxy) is 2. The highest BCUT2D eigenvalue weighted by Gasteiger charge is 2.27. The van der Waals surface area contributed by atoms with Crippen LogP contribution in [0.25, 0.3) is 0 Å². The van der Waals surface area contributed by atoms with Crippen molar-refractivity contribution in [2.24, 2.45) is 5.92 Å². The predicted molar refractivity (Wildman–Crippen MR) is 84.0 cm³/mol. The van der Waals surface area contributed by atoms with Crippen molar-refractivity contribution >= 4 is 11.9 Å². The van der Waals surface area contributed by atoms with Crippen molar-refractivity contribution in [2.45, 2.75) is 52.0 Å². The van der Waals surface area contributed by atoms with Crippen LogP contribution in [0.2, 0.25) is 0 Å². The average Bonchev–Trinajstić information content (AvgIpc) is 2.50. The SMILES string of the molecule is C#CCCOCCN(C(=O)COC(C)=O)C1CCC(C)CC1. The first-order chi connectivity index (χ1) is 10.5. The Labute approximate surface area is 133 Å². The third kappa shape index (κ3) is 6.95. The maximum Gasteiger partial charge on any atom is 0.303 e. The summed E-state index contributed by atoms with van der Waals surface area (Å²) in [6.45, 7) is 4.84. The Morgan fingerprint density at radius 3 is 2.50 bits per heavy atom. The number of rotatable bonds is 8. The first-order valence-corrected chi connectivity index (χ1v) is 7.98. The number of terminal acetylenes is 1. The second kappa shape index (κ2) is 10.2. The molecule has 0 atom stereocenters. The number of hydrogen-bond acceptors (Lipinski definition) is 4. The zero-order chi connectivity index (χ0) is 16.4. The molecule has 1 fully saturated rings. The van der Waals surface area contributed by atoms with E-state index in [9.17, 15) is 9.59 Å². The summed E-state index contributed by atoms with van der Waals surface area (Å²) in [6, 6.07) is 0.218. The molecular weight excluding hydrogens is 282 g/mol. The normalized spacial score (nSPS) is 21.0. The molecule has 0 saturated heterocycles. The van der Waals surface area contributed by atoms with Crippen molar-refractivity contribution in [1.29, 1.82) is 0 Å². The van der Waals surface area contributed by atoms with Crippen LogP contribution in [0.4, 0.5) is 0 Å². The molecule has 1 aliphatic rings. The summed E-state index contributed by atoms with van der Waals surface area (Å²) in [5.74, 6) is 2.66. The molecule has 0 aliphatic heterocycles. The number of hydrogen-bond donors (Lipinski definition) is 0. The van der Waals surface area contributed by atoms with E-state index in [1.54, 1.807) is 0 Å². The Morgan fingerprint density at radius 1 is 1.23 bits per heavy atom. The summed E-state index contributed by atoms with van der Waals surface area (Å²) in [5.41, 5.74) is 0. The number of carbonyl (C=O) groups is 2. The molecule has 5 nitrogen and oxygen atoms in total. The minimum Gasteiger partial charge on any atom is -0.456 e. The van der Waals surface area contributed by atoms with Gasteiger partial charge in [0.15, 0.2) is 6.61 Å². The van der Waals surface area contributed by atoms with E-state index in [2.05, 4.69) is 12.8 Å². The van der Waals surface area contributed by atoms with Crippen LogP contribution in [0.5, 0.6) is 0 Å². The number of esters is 1. The van der Waals surface area contributed by atoms with Gasteiger partial charge in [0.05, 0.1) is 13.2 Å². The van der Waals surface area contributed by atoms with Crippen LogP contribution in [0.15, 0.2) is 0 Å². The van der Waals surface area contributed by atoms with Gasteiger partial charge in [0.25, 0.3) is 5.91 Å². The lowest BCUT2D eigenvalue weighted by atomic mass is 9.86. The van der Waals surface area contributed by atoms with Gasteiger partial charge >= 0.3 is 5.97 Å². The zero-order valence-electron chi connectivity index (χ0n) is 13.7. The molecule has 5 heteroatoms. The fraction of sp³-hybridized carbons (Fsp3) is 0.765. The fourth-order valence-corrected chi connectivity index (χ4v) is 2.71. The van der Waals surface area contributed by atoms with Crippen LogP contribution in [-0.2, 0) is 19.1 Å². The lowest BCUT2D eigenvalue weighted by molar-refractivity contribution is -0.152. The monoisotopic (exact) mass is 309 g/mol. The standard InChI is InChI=1S/C17H27NO4/c1-4-5-11-21-12-10-18(17(20)13-22-15(3)19)16-8-6-14(2)7-9-16/h1,14,16H,5-13H2,2-3H3. The molecule has 1 aliphatic carbocycles. The largest absolute Gasteiger partial charge is 0.456 e. The quantitative estimate of drug-likeness (QED) is 0.391. The van der Waals surface area contributed by atoms with Crippen molar-refractivity contribution in [3.63, 3.8) is 0 Å². The zero-order valence-corrected chi connectivity index (χ0v) is 13.7. The minimum absolute atomic E-state index is 0.143. The maximum absolute atomic E-state index is 12.3. The highest BCUT2D eigenvalue weighted by molar-refractivity contribution is 5.80. The molecule has 124 valence electrons. The molecule has 0 N–H and O–H groups in total. The molecule has 0 aromatic carbocycles. The first-order valence-electron chi connectivity index (χ1n) is 7.98. The van der Waals surface area contributed by atoms with Gasteiger partial charge in [-0.3, -0.25) is 9.59 Å². The van der Waals surface area contributed by atoms with Gasteiger partial charge < -0.3 is 14.4 Å². The predicted octanol–water partition coefficient (Wildman–Crippen LogP) is 2.00. The first kappa shape index (κ1) is 18.5. The molecule has 0 heterocycles. The Balaban J connectivity index is 2.50. The summed E-state index contributed by atoms with van der Waals surface area (Å²) in [5, 5.41) is 0. The molecular formula is C17H27NO4. The lowest BCUT2D eigenvalue weighted by Gasteiger charge is -2.36. The summed E-state index contributed by atoms with van der Waals surface area (Å²) < 4.78 is 10.3. The summed E-state index contributed by atoms with van der Waals surface area (Å²) in [7, 11) is 0. The van der Waals surface area contributed by atoms with Gasteiger partial charge in [-0.2, -0.15) is 0 Å². The van der Waals surface area contributed by atoms with E-state index in [-0.39, 0.29) is 18.6 Å². The second-order valence-corrected chi connectivity index (χ2v) is 5.85. The van der Waals surface area contributed by atoms with E-state index in [1.165, 1.54) is 6.92 Å². The van der Waals surface area contributed by atoms with E-state index in [0.717, 1.165) is 25.7 Å². The van der Waals surface area contributed by atoms with Gasteiger partial charge in [0.1, 0.15) is 0 Å². The highest BCUT2D eigenvalue weighted by atomic mass is 16.5. The highest BCUT2D eigenvalue weighted by Crippen LogP contribution is 2.27. The fourth-order valence-electron chi connectivity index (χ4n) is 2.71. The van der Waals surface area contributed by atoms with E-state index in [4.69, 9.17) is 15.9 Å². The molecule has 1 saturated carbocycles. The summed E-state index contributed by atoms with van der Waals surface area (Å²) >= 11 is 0. The molecule has 0 radical (unpaired) electrons. The van der Waals surface area contributed by atoms with Crippen molar-refractivity contribution in [3.8, 4) is 12.3 Å². The van der Waals surface area contributed by atoms with Crippen molar-refractivity contribution in [1.82, 2.24) is 4.90 Å². The molecule has 0 unspecified atom stereocenters. The maximum atomic E-state index is 12.3. The van der Waals surface area contributed by atoms with Gasteiger partial charge in [-0.15, -0.1) is 12.3 Å². The van der Waals surface area contributed by atoms with Gasteiger partial charge in [0.2, 0.25) is 0 Å². The van der Waals surface area contributed by atoms with Crippen molar-refractivity contribution < 1.29 is 19.1 Å². The van der Waals surface area contributed by atoms with Gasteiger partial charge in [-0.05, 0) is 31.6 Å². The Morgan fingerprint density at radius 2 is 1.91 bits per heavy atom. The third-order valence-electron chi connectivity index (χ3n) is 4.01. The van der Waals surface area contributed by atoms with Gasteiger partial charge in [-0.25, -0.2) is 0 Å². The van der Waals surface area contributed by atoms with E-state index in [1.807, 2.05) is 4.90 Å². The Kier molecular flexibility index (Phi) is 8.61. The molecule has 22 heavy (non-hydrogen) atoms. The van der Waals surface area contributed by atoms with Gasteiger partial charge in [-0.1, -0.05) is 6.92 Å². The molecule has 1 amide bonds. The van der Waals surface area contributed by atoms with Crippen LogP contribution >= 0.6 is 0 Å². The number of carbonyl (C=O) groups excluding carboxylic acids is 2. The molecule has 1 rings (SSSR count). The van der Waals surface area contributed by atoms with Crippen LogP contribution in [0, 0.1) is 18.3 Å². The van der Waals surface area contributed by atoms with E-state index >= 15 is 0 Å². The molecule has 0 aromatic heterocycles. The molecule has 0 bridgehead atoms. The molecule has 0 spiro atoms. The molecule has 0 aromatic rings. The summed E-state index contributed by atoms with van der Waals surface area (Å²) in [4.78, 5) is 25.0. The Bertz CT molecular complexity index is 394. The van der Waals surface area contributed by atoms with Crippen LogP contribution < -0.4 is 0 Å². The second-order valence-electron chi connectivity index (χ2n) is 5.85. The lowest BCUT2D eigenvalue weighted by Crippen LogP contribution is -2.45. The van der Waals surface area contributed by atoms with Crippen molar-refractivity contribution in [3.05, 3.63) is 0 Å². The number of amides is 1. The topological polar surface area (TPSA) is 55.8 Å². The average molecular weight is 309 g/mol.